The van der Waals surface area contributed by atoms with Crippen LogP contribution in [0.2, 0.25) is 0 Å². The summed E-state index contributed by atoms with van der Waals surface area (Å²) < 4.78 is 0. The molecule has 14 nitrogen and oxygen atoms in total. The Balaban J connectivity index is 3.04. The van der Waals surface area contributed by atoms with Gasteiger partial charge in [-0.3, -0.25) is 19.2 Å². The van der Waals surface area contributed by atoms with Gasteiger partial charge in [-0.2, -0.15) is 0 Å². The highest BCUT2D eigenvalue weighted by molar-refractivity contribution is 5.94. The lowest BCUT2D eigenvalue weighted by Gasteiger charge is -2.28. The number of aliphatic carboxylic acids is 1. The fourth-order valence-electron chi connectivity index (χ4n) is 3.50. The normalized spacial score (nSPS) is 15.0. The second-order valence-electron chi connectivity index (χ2n) is 9.01. The number of aromatic nitrogens is 2. The van der Waals surface area contributed by atoms with Crippen molar-refractivity contribution in [2.75, 3.05) is 6.54 Å². The van der Waals surface area contributed by atoms with Gasteiger partial charge in [0.15, 0.2) is 0 Å². The molecule has 4 amide bonds. The SMILES string of the molecule is CCC(C)C(NC(=O)C(N)CCC(N)=O)C(=O)NC(Cc1cnc[nH]1)C(=O)NC(CCCCN)C(=O)O. The first-order chi connectivity index (χ1) is 17.5. The third-order valence-corrected chi connectivity index (χ3v) is 6.01. The van der Waals surface area contributed by atoms with Gasteiger partial charge in [-0.05, 0) is 38.1 Å². The first kappa shape index (κ1) is 31.5. The summed E-state index contributed by atoms with van der Waals surface area (Å²) in [6, 6.07) is -4.40. The van der Waals surface area contributed by atoms with E-state index in [0.717, 1.165) is 0 Å². The standard InChI is InChI=1S/C23H40N8O6/c1-3-13(2)19(31-20(33)15(25)7-8-18(26)32)22(35)30-17(10-14-11-27-12-28-14)21(34)29-16(23(36)37)6-4-5-9-24/h11-13,15-17,19H,3-10,24-25H2,1-2H3,(H2,26,32)(H,27,28)(H,29,34)(H,30,35)(H,31,33)(H,36,37). The number of H-pyrrole nitrogens is 1. The van der Waals surface area contributed by atoms with E-state index < -0.39 is 53.8 Å². The number of unbranched alkanes of at least 4 members (excludes halogenated alkanes) is 1. The van der Waals surface area contributed by atoms with E-state index in [1.54, 1.807) is 6.92 Å². The van der Waals surface area contributed by atoms with Crippen molar-refractivity contribution in [1.29, 1.82) is 0 Å². The van der Waals surface area contributed by atoms with Crippen LogP contribution >= 0.6 is 0 Å². The number of nitrogens with two attached hydrogens (primary N) is 3. The van der Waals surface area contributed by atoms with Crippen molar-refractivity contribution in [3.05, 3.63) is 18.2 Å². The summed E-state index contributed by atoms with van der Waals surface area (Å²) >= 11 is 0. The number of amides is 4. The summed E-state index contributed by atoms with van der Waals surface area (Å²) in [6.45, 7) is 3.98. The molecule has 0 aliphatic carbocycles. The first-order valence-corrected chi connectivity index (χ1v) is 12.3. The Bertz CT molecular complexity index is 894. The van der Waals surface area contributed by atoms with Gasteiger partial charge in [0.05, 0.1) is 12.4 Å². The number of carboxylic acids is 1. The molecule has 0 bridgehead atoms. The van der Waals surface area contributed by atoms with Crippen LogP contribution in [-0.4, -0.2) is 75.4 Å². The van der Waals surface area contributed by atoms with Crippen molar-refractivity contribution in [2.45, 2.75) is 83.0 Å². The average molecular weight is 525 g/mol. The predicted octanol–water partition coefficient (Wildman–Crippen LogP) is -1.74. The molecule has 1 aromatic heterocycles. The van der Waals surface area contributed by atoms with Crippen LogP contribution in [0, 0.1) is 5.92 Å². The maximum absolute atomic E-state index is 13.3. The molecule has 5 atom stereocenters. The lowest BCUT2D eigenvalue weighted by Crippen LogP contribution is -2.59. The topological polar surface area (TPSA) is 248 Å². The van der Waals surface area contributed by atoms with Gasteiger partial charge in [-0.15, -0.1) is 0 Å². The van der Waals surface area contributed by atoms with Crippen LogP contribution in [0.25, 0.3) is 0 Å². The highest BCUT2D eigenvalue weighted by Gasteiger charge is 2.32. The van der Waals surface area contributed by atoms with Crippen molar-refractivity contribution in [3.8, 4) is 0 Å². The molecule has 1 aromatic rings. The number of carbonyl (C=O) groups excluding carboxylic acids is 4. The zero-order valence-corrected chi connectivity index (χ0v) is 21.4. The zero-order valence-electron chi connectivity index (χ0n) is 21.4. The van der Waals surface area contributed by atoms with Gasteiger partial charge < -0.3 is 43.2 Å². The Morgan fingerprint density at radius 1 is 1.03 bits per heavy atom. The molecule has 208 valence electrons. The van der Waals surface area contributed by atoms with Crippen LogP contribution in [0.3, 0.4) is 0 Å². The van der Waals surface area contributed by atoms with E-state index in [-0.39, 0.29) is 31.6 Å². The third-order valence-electron chi connectivity index (χ3n) is 6.01. The second kappa shape index (κ2) is 16.3. The predicted molar refractivity (Wildman–Crippen MR) is 134 cm³/mol. The Labute approximate surface area is 215 Å². The number of primary amides is 1. The van der Waals surface area contributed by atoms with Crippen LogP contribution in [0.1, 0.15) is 58.1 Å². The highest BCUT2D eigenvalue weighted by atomic mass is 16.4. The van der Waals surface area contributed by atoms with Gasteiger partial charge >= 0.3 is 5.97 Å². The average Bonchev–Trinajstić information content (AvgIpc) is 3.37. The maximum atomic E-state index is 13.3. The molecule has 0 saturated heterocycles. The summed E-state index contributed by atoms with van der Waals surface area (Å²) in [6.07, 6.45) is 4.63. The van der Waals surface area contributed by atoms with Gasteiger partial charge in [-0.25, -0.2) is 9.78 Å². The largest absolute Gasteiger partial charge is 0.480 e. The molecular formula is C23H40N8O6. The summed E-state index contributed by atoms with van der Waals surface area (Å²) in [4.78, 5) is 68.4. The Morgan fingerprint density at radius 3 is 2.24 bits per heavy atom. The van der Waals surface area contributed by atoms with Gasteiger partial charge in [0.1, 0.15) is 18.1 Å². The minimum atomic E-state index is -1.20. The quantitative estimate of drug-likeness (QED) is 0.101. The van der Waals surface area contributed by atoms with E-state index in [2.05, 4.69) is 25.9 Å². The van der Waals surface area contributed by atoms with Crippen LogP contribution in [-0.2, 0) is 30.4 Å². The molecular weight excluding hydrogens is 484 g/mol. The molecule has 0 fully saturated rings. The molecule has 5 unspecified atom stereocenters. The molecule has 1 heterocycles. The smallest absolute Gasteiger partial charge is 0.326 e. The van der Waals surface area contributed by atoms with Crippen molar-refractivity contribution >= 4 is 29.6 Å². The van der Waals surface area contributed by atoms with Gasteiger partial charge in [0.25, 0.3) is 0 Å². The molecule has 0 saturated carbocycles. The molecule has 0 radical (unpaired) electrons. The summed E-state index contributed by atoms with van der Waals surface area (Å²) in [5, 5.41) is 17.2. The number of nitrogens with one attached hydrogen (secondary N) is 4. The monoisotopic (exact) mass is 524 g/mol. The number of carbonyl (C=O) groups is 5. The van der Waals surface area contributed by atoms with E-state index in [1.807, 2.05) is 6.92 Å². The number of carboxylic acid groups (broad SMARTS) is 1. The fraction of sp³-hybridized carbons (Fsp3) is 0.652. The summed E-state index contributed by atoms with van der Waals surface area (Å²) in [7, 11) is 0. The van der Waals surface area contributed by atoms with Crippen LogP contribution in [0.4, 0.5) is 0 Å². The van der Waals surface area contributed by atoms with E-state index in [1.165, 1.54) is 12.5 Å². The minimum absolute atomic E-state index is 0.00596. The Morgan fingerprint density at radius 2 is 1.70 bits per heavy atom. The number of aromatic amines is 1. The van der Waals surface area contributed by atoms with Crippen molar-refractivity contribution in [3.63, 3.8) is 0 Å². The number of hydrogen-bond donors (Lipinski definition) is 8. The number of rotatable bonds is 18. The zero-order chi connectivity index (χ0) is 28.0. The Hall–Kier alpha value is -3.52. The first-order valence-electron chi connectivity index (χ1n) is 12.3. The molecule has 0 aliphatic heterocycles. The maximum Gasteiger partial charge on any atom is 0.326 e. The molecule has 0 aromatic carbocycles. The lowest BCUT2D eigenvalue weighted by molar-refractivity contribution is -0.142. The van der Waals surface area contributed by atoms with Gasteiger partial charge in [-0.1, -0.05) is 20.3 Å². The van der Waals surface area contributed by atoms with Gasteiger partial charge in [0.2, 0.25) is 23.6 Å². The van der Waals surface area contributed by atoms with Crippen molar-refractivity contribution in [2.24, 2.45) is 23.1 Å². The molecule has 37 heavy (non-hydrogen) atoms. The van der Waals surface area contributed by atoms with Crippen LogP contribution in [0.5, 0.6) is 0 Å². The van der Waals surface area contributed by atoms with E-state index >= 15 is 0 Å². The fourth-order valence-corrected chi connectivity index (χ4v) is 3.50. The molecule has 11 N–H and O–H groups in total. The summed E-state index contributed by atoms with van der Waals surface area (Å²) in [5.74, 6) is -4.11. The molecule has 0 spiro atoms. The summed E-state index contributed by atoms with van der Waals surface area (Å²) in [5.41, 5.74) is 16.9. The van der Waals surface area contributed by atoms with Crippen LogP contribution in [0.15, 0.2) is 12.5 Å². The third kappa shape index (κ3) is 11.4. The van der Waals surface area contributed by atoms with Crippen molar-refractivity contribution < 1.29 is 29.1 Å². The number of hydrogen-bond acceptors (Lipinski definition) is 8. The highest BCUT2D eigenvalue weighted by Crippen LogP contribution is 2.11. The number of imidazole rings is 1. The second-order valence-corrected chi connectivity index (χ2v) is 9.01. The number of nitrogens with zero attached hydrogens (tertiary/aromatic N) is 1. The molecule has 1 rings (SSSR count). The van der Waals surface area contributed by atoms with E-state index in [0.29, 0.717) is 31.5 Å². The van der Waals surface area contributed by atoms with Gasteiger partial charge in [0, 0.05) is 24.7 Å². The molecule has 14 heteroatoms. The minimum Gasteiger partial charge on any atom is -0.480 e. The van der Waals surface area contributed by atoms with Crippen LogP contribution < -0.4 is 33.2 Å². The lowest BCUT2D eigenvalue weighted by atomic mass is 9.96. The Kier molecular flexibility index (Phi) is 13.9. The molecule has 0 aliphatic rings. The van der Waals surface area contributed by atoms with Crippen molar-refractivity contribution in [1.82, 2.24) is 25.9 Å². The van der Waals surface area contributed by atoms with E-state index in [9.17, 15) is 29.1 Å². The van der Waals surface area contributed by atoms with E-state index in [4.69, 9.17) is 17.2 Å².